The van der Waals surface area contributed by atoms with Gasteiger partial charge in [-0.25, -0.2) is 4.98 Å². The van der Waals surface area contributed by atoms with Crippen molar-refractivity contribution >= 4 is 11.4 Å². The third-order valence-electron chi connectivity index (χ3n) is 2.09. The van der Waals surface area contributed by atoms with Gasteiger partial charge in [0.2, 0.25) is 0 Å². The molecule has 1 aromatic rings. The largest absolute Gasteiger partial charge is 0.433 e. The van der Waals surface area contributed by atoms with Gasteiger partial charge in [-0.2, -0.15) is 13.2 Å². The van der Waals surface area contributed by atoms with E-state index in [1.54, 1.807) is 11.9 Å². The first-order valence-corrected chi connectivity index (χ1v) is 4.40. The lowest BCUT2D eigenvalue weighted by atomic mass is 10.2. The van der Waals surface area contributed by atoms with Crippen LogP contribution in [0, 0.1) is 0 Å². The van der Waals surface area contributed by atoms with E-state index in [0.717, 1.165) is 12.3 Å². The number of hydrogen-bond acceptors (Lipinski definition) is 3. The highest BCUT2D eigenvalue weighted by molar-refractivity contribution is 5.66. The zero-order valence-electron chi connectivity index (χ0n) is 8.47. The summed E-state index contributed by atoms with van der Waals surface area (Å²) in [4.78, 5) is 4.88. The average molecular weight is 219 g/mol. The van der Waals surface area contributed by atoms with Crippen LogP contribution in [0.5, 0.6) is 0 Å². The fourth-order valence-electron chi connectivity index (χ4n) is 1.11. The Morgan fingerprint density at radius 2 is 2.07 bits per heavy atom. The Morgan fingerprint density at radius 1 is 1.47 bits per heavy atom. The molecule has 0 aliphatic heterocycles. The first-order chi connectivity index (χ1) is 6.86. The van der Waals surface area contributed by atoms with Crippen LogP contribution in [-0.4, -0.2) is 18.6 Å². The quantitative estimate of drug-likeness (QED) is 0.828. The zero-order valence-corrected chi connectivity index (χ0v) is 8.47. The predicted molar refractivity (Wildman–Crippen MR) is 52.6 cm³/mol. The molecule has 0 aliphatic carbocycles. The molecule has 0 saturated carbocycles. The van der Waals surface area contributed by atoms with E-state index in [2.05, 4.69) is 4.98 Å². The molecular weight excluding hydrogens is 207 g/mol. The summed E-state index contributed by atoms with van der Waals surface area (Å²) >= 11 is 0. The van der Waals surface area contributed by atoms with Gasteiger partial charge in [0.05, 0.1) is 17.6 Å². The number of nitrogen functional groups attached to an aromatic ring is 1. The van der Waals surface area contributed by atoms with Crippen molar-refractivity contribution in [2.24, 2.45) is 0 Å². The van der Waals surface area contributed by atoms with Gasteiger partial charge in [0.1, 0.15) is 5.69 Å². The van der Waals surface area contributed by atoms with Gasteiger partial charge in [0.15, 0.2) is 0 Å². The van der Waals surface area contributed by atoms with Crippen molar-refractivity contribution in [1.29, 1.82) is 0 Å². The predicted octanol–water partition coefficient (Wildman–Crippen LogP) is 2.14. The normalized spacial score (nSPS) is 11.5. The third-order valence-corrected chi connectivity index (χ3v) is 2.09. The molecule has 15 heavy (non-hydrogen) atoms. The highest BCUT2D eigenvalue weighted by Crippen LogP contribution is 2.32. The number of halogens is 3. The first-order valence-electron chi connectivity index (χ1n) is 4.40. The summed E-state index contributed by atoms with van der Waals surface area (Å²) in [5.74, 6) is 0. The maximum atomic E-state index is 12.3. The first kappa shape index (κ1) is 11.6. The second-order valence-corrected chi connectivity index (χ2v) is 3.14. The molecule has 0 fully saturated rings. The van der Waals surface area contributed by atoms with Crippen LogP contribution in [0.25, 0.3) is 0 Å². The number of alkyl halides is 3. The molecule has 3 nitrogen and oxygen atoms in total. The summed E-state index contributed by atoms with van der Waals surface area (Å²) in [6.07, 6.45) is -3.40. The lowest BCUT2D eigenvalue weighted by Gasteiger charge is -2.19. The van der Waals surface area contributed by atoms with Gasteiger partial charge in [0.25, 0.3) is 0 Å². The molecule has 0 aromatic carbocycles. The second kappa shape index (κ2) is 3.96. The summed E-state index contributed by atoms with van der Waals surface area (Å²) in [5, 5.41) is 0. The van der Waals surface area contributed by atoms with Crippen molar-refractivity contribution in [3.63, 3.8) is 0 Å². The molecule has 0 amide bonds. The van der Waals surface area contributed by atoms with E-state index in [-0.39, 0.29) is 5.69 Å². The van der Waals surface area contributed by atoms with Crippen LogP contribution in [0.4, 0.5) is 24.5 Å². The van der Waals surface area contributed by atoms with E-state index in [1.165, 1.54) is 0 Å². The molecule has 84 valence electrons. The maximum Gasteiger partial charge on any atom is 0.433 e. The van der Waals surface area contributed by atoms with Gasteiger partial charge < -0.3 is 10.6 Å². The molecule has 0 bridgehead atoms. The smallest absolute Gasteiger partial charge is 0.396 e. The van der Waals surface area contributed by atoms with Crippen molar-refractivity contribution in [2.75, 3.05) is 24.2 Å². The summed E-state index contributed by atoms with van der Waals surface area (Å²) in [6.45, 7) is 2.40. The van der Waals surface area contributed by atoms with Gasteiger partial charge in [-0.3, -0.25) is 0 Å². The van der Waals surface area contributed by atoms with Crippen LogP contribution >= 0.6 is 0 Å². The van der Waals surface area contributed by atoms with Gasteiger partial charge in [-0.05, 0) is 13.0 Å². The van der Waals surface area contributed by atoms with Crippen molar-refractivity contribution in [2.45, 2.75) is 13.1 Å². The topological polar surface area (TPSA) is 42.2 Å². The highest BCUT2D eigenvalue weighted by Gasteiger charge is 2.33. The number of pyridine rings is 1. The molecule has 0 spiro atoms. The van der Waals surface area contributed by atoms with Crippen LogP contribution in [0.1, 0.15) is 12.6 Å². The molecule has 1 aromatic heterocycles. The lowest BCUT2D eigenvalue weighted by Crippen LogP contribution is -2.19. The van der Waals surface area contributed by atoms with Crippen LogP contribution in [0.15, 0.2) is 12.3 Å². The second-order valence-electron chi connectivity index (χ2n) is 3.14. The van der Waals surface area contributed by atoms with Gasteiger partial charge in [-0.1, -0.05) is 0 Å². The van der Waals surface area contributed by atoms with Crippen LogP contribution in [-0.2, 0) is 6.18 Å². The number of rotatable bonds is 2. The van der Waals surface area contributed by atoms with Crippen LogP contribution in [0.2, 0.25) is 0 Å². The average Bonchev–Trinajstić information content (AvgIpc) is 2.15. The Kier molecular flexibility index (Phi) is 3.06. The van der Waals surface area contributed by atoms with E-state index in [4.69, 9.17) is 5.73 Å². The van der Waals surface area contributed by atoms with Gasteiger partial charge in [0, 0.05) is 13.6 Å². The van der Waals surface area contributed by atoms with E-state index < -0.39 is 11.9 Å². The monoisotopic (exact) mass is 219 g/mol. The fraction of sp³-hybridized carbons (Fsp3) is 0.444. The van der Waals surface area contributed by atoms with Crippen molar-refractivity contribution in [1.82, 2.24) is 4.98 Å². The Balaban J connectivity index is 3.17. The summed E-state index contributed by atoms with van der Waals surface area (Å²) in [7, 11) is 1.67. The summed E-state index contributed by atoms with van der Waals surface area (Å²) in [5.41, 5.74) is 5.20. The standard InChI is InChI=1S/C9H12F3N3/c1-3-15(2)7-4-8(9(10,11)12)14-5-6(7)13/h4-5H,3,13H2,1-2H3. The number of nitrogens with zero attached hydrogens (tertiary/aromatic N) is 2. The van der Waals surface area contributed by atoms with Crippen LogP contribution in [0.3, 0.4) is 0 Å². The number of nitrogens with two attached hydrogens (primary N) is 1. The maximum absolute atomic E-state index is 12.3. The van der Waals surface area contributed by atoms with Gasteiger partial charge in [-0.15, -0.1) is 0 Å². The van der Waals surface area contributed by atoms with Crippen molar-refractivity contribution in [3.05, 3.63) is 18.0 Å². The SMILES string of the molecule is CCN(C)c1cc(C(F)(F)F)ncc1N. The number of anilines is 2. The zero-order chi connectivity index (χ0) is 11.6. The molecule has 2 N–H and O–H groups in total. The minimum Gasteiger partial charge on any atom is -0.396 e. The minimum absolute atomic E-state index is 0.243. The van der Waals surface area contributed by atoms with E-state index >= 15 is 0 Å². The minimum atomic E-state index is -4.43. The molecule has 6 heteroatoms. The fourth-order valence-corrected chi connectivity index (χ4v) is 1.11. The lowest BCUT2D eigenvalue weighted by molar-refractivity contribution is -0.141. The van der Waals surface area contributed by atoms with Crippen molar-refractivity contribution in [3.8, 4) is 0 Å². The molecule has 0 saturated heterocycles. The molecule has 0 aliphatic rings. The molecule has 0 atom stereocenters. The summed E-state index contributed by atoms with van der Waals surface area (Å²) in [6, 6.07) is 0.957. The molecule has 1 heterocycles. The molecular formula is C9H12F3N3. The van der Waals surface area contributed by atoms with E-state index in [9.17, 15) is 13.2 Å². The Bertz CT molecular complexity index is 349. The van der Waals surface area contributed by atoms with E-state index in [1.807, 2.05) is 6.92 Å². The summed E-state index contributed by atoms with van der Waals surface area (Å²) < 4.78 is 37.0. The third kappa shape index (κ3) is 2.51. The van der Waals surface area contributed by atoms with E-state index in [0.29, 0.717) is 12.2 Å². The van der Waals surface area contributed by atoms with Crippen LogP contribution < -0.4 is 10.6 Å². The Hall–Kier alpha value is -1.46. The van der Waals surface area contributed by atoms with Crippen molar-refractivity contribution < 1.29 is 13.2 Å². The molecule has 0 unspecified atom stereocenters. The molecule has 1 rings (SSSR count). The Labute approximate surface area is 85.7 Å². The Morgan fingerprint density at radius 3 is 2.53 bits per heavy atom. The number of aromatic nitrogens is 1. The van der Waals surface area contributed by atoms with Gasteiger partial charge >= 0.3 is 6.18 Å². The molecule has 0 radical (unpaired) electrons. The highest BCUT2D eigenvalue weighted by atomic mass is 19.4. The number of hydrogen-bond donors (Lipinski definition) is 1.